The number of benzene rings is 3. The minimum absolute atomic E-state index is 0. The molecule has 1 atom stereocenters. The fraction of sp³-hybridized carbons (Fsp3) is 0.562. The van der Waals surface area contributed by atoms with Crippen LogP contribution in [0.15, 0.2) is 124 Å². The monoisotopic (exact) mass is 1390 g/mol. The maximum Gasteiger partial charge on any atom is 0.407 e. The van der Waals surface area contributed by atoms with Crippen LogP contribution in [0.25, 0.3) is 18.2 Å². The van der Waals surface area contributed by atoms with Crippen LogP contribution < -0.4 is 16.4 Å². The van der Waals surface area contributed by atoms with Crippen LogP contribution in [0.5, 0.6) is 0 Å². The van der Waals surface area contributed by atoms with Crippen molar-refractivity contribution < 1.29 is 48.4 Å². The molecule has 3 aliphatic carbocycles. The fourth-order valence-electron chi connectivity index (χ4n) is 11.1. The van der Waals surface area contributed by atoms with Gasteiger partial charge in [0.1, 0.15) is 11.2 Å². The van der Waals surface area contributed by atoms with Gasteiger partial charge in [-0.15, -0.1) is 34.8 Å². The highest BCUT2D eigenvalue weighted by atomic mass is 35.5. The van der Waals surface area contributed by atoms with Crippen molar-refractivity contribution in [2.75, 3.05) is 44.1 Å². The maximum atomic E-state index is 12.5. The van der Waals surface area contributed by atoms with Crippen LogP contribution in [0.2, 0.25) is 0 Å². The van der Waals surface area contributed by atoms with E-state index < -0.39 is 29.5 Å². The summed E-state index contributed by atoms with van der Waals surface area (Å²) in [5.41, 5.74) is 19.2. The van der Waals surface area contributed by atoms with Crippen molar-refractivity contribution in [3.05, 3.63) is 158 Å². The highest BCUT2D eigenvalue weighted by molar-refractivity contribution is 6.40. The number of nitrogens with two attached hydrogens (primary N) is 1. The van der Waals surface area contributed by atoms with Crippen LogP contribution >= 0.6 is 34.8 Å². The molecule has 0 fully saturated rings. The molecule has 0 heterocycles. The van der Waals surface area contributed by atoms with Crippen LogP contribution in [0, 0.1) is 16.2 Å². The summed E-state index contributed by atoms with van der Waals surface area (Å²) >= 11 is 14.5. The number of ether oxygens (including phenoxy) is 3. The lowest BCUT2D eigenvalue weighted by atomic mass is 9.72. The summed E-state index contributed by atoms with van der Waals surface area (Å²) in [6, 6.07) is 23.4. The Labute approximate surface area is 595 Å². The Morgan fingerprint density at radius 3 is 1.23 bits per heavy atom. The molecule has 0 aromatic heterocycles. The number of allylic oxidation sites excluding steroid dienone is 9. The van der Waals surface area contributed by atoms with Gasteiger partial charge in [0, 0.05) is 56.5 Å². The molecular weight excluding hydrogens is 1270 g/mol. The van der Waals surface area contributed by atoms with Crippen LogP contribution in [-0.4, -0.2) is 95.2 Å². The Bertz CT molecular complexity index is 3010. The molecule has 0 aliphatic heterocycles. The zero-order valence-corrected chi connectivity index (χ0v) is 63.5. The molecule has 1 unspecified atom stereocenters. The average molecular weight is 1390 g/mol. The average Bonchev–Trinajstić information content (AvgIpc) is 0.838. The minimum Gasteiger partial charge on any atom is -0.466 e. The molecule has 6 rings (SSSR count). The van der Waals surface area contributed by atoms with E-state index in [1.54, 1.807) is 13.8 Å². The molecule has 0 saturated carbocycles. The van der Waals surface area contributed by atoms with Gasteiger partial charge in [0.05, 0.1) is 18.1 Å². The molecule has 3 aromatic rings. The lowest BCUT2D eigenvalue weighted by Crippen LogP contribution is -2.33. The van der Waals surface area contributed by atoms with E-state index >= 15 is 0 Å². The van der Waals surface area contributed by atoms with Gasteiger partial charge in [0.25, 0.3) is 0 Å². The first-order valence-electron chi connectivity index (χ1n) is 33.7. The molecule has 96 heavy (non-hydrogen) atoms. The second-order valence-electron chi connectivity index (χ2n) is 27.6. The molecule has 0 spiro atoms. The third-order valence-corrected chi connectivity index (χ3v) is 15.5. The first-order chi connectivity index (χ1) is 44.4. The van der Waals surface area contributed by atoms with Gasteiger partial charge in [-0.3, -0.25) is 14.4 Å². The van der Waals surface area contributed by atoms with Crippen LogP contribution in [0.3, 0.4) is 0 Å². The molecule has 2 amide bonds. The predicted octanol–water partition coefficient (Wildman–Crippen LogP) is 21.1. The van der Waals surface area contributed by atoms with Crippen LogP contribution in [0.1, 0.15) is 265 Å². The Kier molecular flexibility index (Phi) is 46.2. The molecule has 0 radical (unpaired) electrons. The molecule has 3 aliphatic rings. The van der Waals surface area contributed by atoms with Crippen molar-refractivity contribution in [3.63, 3.8) is 0 Å². The Balaban J connectivity index is 0. The summed E-state index contributed by atoms with van der Waals surface area (Å²) in [5, 5.41) is 23.6. The number of aliphatic hydroxyl groups excluding tert-OH is 2. The normalized spacial score (nSPS) is 15.7. The standard InChI is InChI=1S/C25H37NO3.C25H35NO3.C20H27NO.C4H8O2.C2H5Cl.C2H6O.CH2Cl2.CH4/c2*1-18-9-8-15-25(5,6)21(18)13-12-19-10-7-11-20(17-19)22(27)14-16-26-23(28)29-24(2,3)4;1-15-6-5-12-20(2,3)18(15)10-9-16-7-4-8-17(14-16)19(22)11-13-21;1-3-6-4(2)5;2*1-2-3;2-1-3;/h7,10-13,17,22,27H,8-9,14-16H2,1-6H3,(H,26,28);7,10-13,17H,8-9,14-16H2,1-6H3,(H,26,28);4,7-10,14H,5-6,11-13,21H2,1-3H3;3H2,1-2H3;2H2,1H3;3H,2H2,1H3;1H2;1H4/b2*13-12+;10-9+;;;;;. The SMILES string of the molecule is C.CC1=C(/C=C/c2cccc(C(=O)CCN)c2)C(C)(C)CCC1.CC1=C(/C=C/c2cccc(C(=O)CCNC(=O)OC(C)(C)C)c2)C(C)(C)CCC1.CC1=C(/C=C/c2cccc(C(O)CCNC(=O)OC(C)(C)C)c2)C(C)(C)CCC1.CCCl.CCO.CCOC(C)=O.ClCCl. The number of alkyl halides is 3. The second kappa shape index (κ2) is 48.0. The summed E-state index contributed by atoms with van der Waals surface area (Å²) in [7, 11) is 0. The number of ketones is 2. The zero-order chi connectivity index (χ0) is 72.6. The van der Waals surface area contributed by atoms with Gasteiger partial charge in [-0.25, -0.2) is 9.59 Å². The third-order valence-electron chi connectivity index (χ3n) is 15.5. The first-order valence-corrected chi connectivity index (χ1v) is 35.3. The molecule has 540 valence electrons. The number of carbonyl (C=O) groups excluding carboxylic acids is 5. The molecule has 6 N–H and O–H groups in total. The quantitative estimate of drug-likeness (QED) is 0.0351. The summed E-state index contributed by atoms with van der Waals surface area (Å²) in [4.78, 5) is 57.7. The van der Waals surface area contributed by atoms with Gasteiger partial charge < -0.3 is 40.8 Å². The number of aliphatic hydroxyl groups is 2. The number of halogens is 3. The van der Waals surface area contributed by atoms with Gasteiger partial charge in [-0.05, 0) is 220 Å². The Morgan fingerprint density at radius 2 is 0.917 bits per heavy atom. The number of amides is 2. The number of nitrogens with one attached hydrogen (secondary N) is 2. The second-order valence-corrected chi connectivity index (χ2v) is 29.0. The molecule has 0 bridgehead atoms. The zero-order valence-electron chi connectivity index (χ0n) is 61.3. The van der Waals surface area contributed by atoms with E-state index in [9.17, 15) is 29.1 Å². The van der Waals surface area contributed by atoms with Crippen molar-refractivity contribution in [3.8, 4) is 0 Å². The lowest BCUT2D eigenvalue weighted by Gasteiger charge is -2.32. The fourth-order valence-corrected chi connectivity index (χ4v) is 11.1. The molecule has 16 heteroatoms. The number of carbonyl (C=O) groups is 5. The van der Waals surface area contributed by atoms with E-state index in [1.165, 1.54) is 91.7 Å². The van der Waals surface area contributed by atoms with Gasteiger partial charge in [0.15, 0.2) is 11.6 Å². The third kappa shape index (κ3) is 39.6. The van der Waals surface area contributed by atoms with Crippen molar-refractivity contribution in [2.45, 2.75) is 233 Å². The summed E-state index contributed by atoms with van der Waals surface area (Å²) < 4.78 is 14.8. The minimum atomic E-state index is -0.634. The Hall–Kier alpha value is -5.80. The van der Waals surface area contributed by atoms with Gasteiger partial charge in [0.2, 0.25) is 0 Å². The topological polar surface area (TPSA) is 204 Å². The van der Waals surface area contributed by atoms with Crippen molar-refractivity contribution in [1.82, 2.24) is 10.6 Å². The summed E-state index contributed by atoms with van der Waals surface area (Å²) in [6.07, 6.45) is 23.5. The number of hydrogen-bond acceptors (Lipinski definition) is 11. The first kappa shape index (κ1) is 92.3. The molecule has 0 saturated heterocycles. The van der Waals surface area contributed by atoms with E-state index in [2.05, 4.69) is 120 Å². The predicted molar refractivity (Wildman–Crippen MR) is 407 cm³/mol. The number of alkyl carbamates (subject to hydrolysis) is 2. The van der Waals surface area contributed by atoms with Crippen LogP contribution in [0.4, 0.5) is 9.59 Å². The molecular formula is C80H124Cl3N3O10. The summed E-state index contributed by atoms with van der Waals surface area (Å²) in [6.45, 7) is 39.9. The van der Waals surface area contributed by atoms with E-state index in [0.717, 1.165) is 40.1 Å². The van der Waals surface area contributed by atoms with Gasteiger partial charge >= 0.3 is 18.2 Å². The van der Waals surface area contributed by atoms with Gasteiger partial charge in [-0.2, -0.15) is 0 Å². The molecule has 13 nitrogen and oxygen atoms in total. The van der Waals surface area contributed by atoms with Crippen molar-refractivity contribution in [1.29, 1.82) is 0 Å². The van der Waals surface area contributed by atoms with Gasteiger partial charge in [-0.1, -0.05) is 164 Å². The number of rotatable bonds is 18. The summed E-state index contributed by atoms with van der Waals surface area (Å²) in [5.74, 6) is 0.633. The number of esters is 1. The number of hydrogen-bond donors (Lipinski definition) is 5. The van der Waals surface area contributed by atoms with E-state index in [1.807, 2.05) is 115 Å². The lowest BCUT2D eigenvalue weighted by molar-refractivity contribution is -0.140. The smallest absolute Gasteiger partial charge is 0.407 e. The molecule has 3 aromatic carbocycles. The van der Waals surface area contributed by atoms with Crippen molar-refractivity contribution >= 4 is 82.8 Å². The van der Waals surface area contributed by atoms with Crippen molar-refractivity contribution in [2.24, 2.45) is 22.0 Å². The highest BCUT2D eigenvalue weighted by Crippen LogP contribution is 2.43. The largest absolute Gasteiger partial charge is 0.466 e. The number of Topliss-reactive ketones (excluding diaryl/α,β-unsaturated/α-hetero) is 2. The maximum absolute atomic E-state index is 12.5. The highest BCUT2D eigenvalue weighted by Gasteiger charge is 2.29. The Morgan fingerprint density at radius 1 is 0.583 bits per heavy atom. The van der Waals surface area contributed by atoms with E-state index in [0.29, 0.717) is 38.1 Å². The van der Waals surface area contributed by atoms with E-state index in [4.69, 9.17) is 55.1 Å². The van der Waals surface area contributed by atoms with E-state index in [-0.39, 0.29) is 66.1 Å². The van der Waals surface area contributed by atoms with Crippen LogP contribution in [-0.2, 0) is 19.0 Å².